The Hall–Kier alpha value is -4.42. The van der Waals surface area contributed by atoms with E-state index in [0.717, 1.165) is 5.39 Å². The van der Waals surface area contributed by atoms with Crippen LogP contribution < -0.4 is 20.7 Å². The summed E-state index contributed by atoms with van der Waals surface area (Å²) < 4.78 is 59.4. The first-order chi connectivity index (χ1) is 18.1. The number of hydrogen-bond donors (Lipinski definition) is 4. The first-order valence-electron chi connectivity index (χ1n) is 11.6. The average Bonchev–Trinajstić information content (AvgIpc) is 3.51. The molecule has 13 heteroatoms. The zero-order chi connectivity index (χ0) is 27.4. The number of amides is 3. The van der Waals surface area contributed by atoms with E-state index in [4.69, 9.17) is 4.74 Å². The van der Waals surface area contributed by atoms with Crippen LogP contribution in [0.2, 0.25) is 0 Å². The summed E-state index contributed by atoms with van der Waals surface area (Å²) in [6, 6.07) is 7.38. The van der Waals surface area contributed by atoms with Crippen LogP contribution in [0.15, 0.2) is 36.4 Å². The fourth-order valence-electron chi connectivity index (χ4n) is 4.04. The number of fused-ring (bicyclic) bond motifs is 1. The number of ketones is 1. The number of H-pyrrole nitrogens is 1. The van der Waals surface area contributed by atoms with Crippen LogP contribution in [0.25, 0.3) is 10.9 Å². The van der Waals surface area contributed by atoms with Crippen molar-refractivity contribution in [1.29, 1.82) is 0 Å². The van der Waals surface area contributed by atoms with Crippen molar-refractivity contribution in [1.82, 2.24) is 20.9 Å². The van der Waals surface area contributed by atoms with Gasteiger partial charge >= 0.3 is 0 Å². The van der Waals surface area contributed by atoms with Crippen molar-refractivity contribution < 1.29 is 41.5 Å². The van der Waals surface area contributed by atoms with Gasteiger partial charge in [0.05, 0.1) is 12.6 Å². The van der Waals surface area contributed by atoms with Crippen LogP contribution in [0, 0.1) is 29.2 Å². The summed E-state index contributed by atoms with van der Waals surface area (Å²) in [5, 5.41) is 8.15. The second kappa shape index (κ2) is 11.3. The maximum Gasteiger partial charge on any atom is 0.268 e. The van der Waals surface area contributed by atoms with Gasteiger partial charge in [0, 0.05) is 29.4 Å². The highest BCUT2D eigenvalue weighted by Crippen LogP contribution is 2.26. The fraction of sp³-hybridized carbons (Fsp3) is 0.280. The van der Waals surface area contributed by atoms with E-state index in [1.807, 2.05) is 0 Å². The molecule has 0 saturated carbocycles. The van der Waals surface area contributed by atoms with Gasteiger partial charge < -0.3 is 25.7 Å². The summed E-state index contributed by atoms with van der Waals surface area (Å²) in [4.78, 5) is 52.7. The zero-order valence-corrected chi connectivity index (χ0v) is 19.7. The van der Waals surface area contributed by atoms with E-state index < -0.39 is 71.7 Å². The Bertz CT molecular complexity index is 1350. The maximum absolute atomic E-state index is 13.9. The molecule has 4 N–H and O–H groups in total. The Morgan fingerprint density at radius 2 is 1.76 bits per heavy atom. The quantitative estimate of drug-likeness (QED) is 0.234. The van der Waals surface area contributed by atoms with Gasteiger partial charge in [0.15, 0.2) is 23.2 Å². The van der Waals surface area contributed by atoms with Crippen LogP contribution >= 0.6 is 0 Å². The standard InChI is InChI=1S/C25H22F4N4O5/c26-14-9-15(27)22(29)23(21(14)28)38-11-19(34)17(8-13-5-6-30-24(13)36)33-20(35)10-31-25(37)18-7-12-3-1-2-4-16(12)32-18/h1-4,7,9,13,17,32H,5-6,8,10-11H2,(H,30,36)(H,31,37)(H,33,35). The first-order valence-corrected chi connectivity index (χ1v) is 11.6. The third-order valence-electron chi connectivity index (χ3n) is 6.02. The molecule has 3 amide bonds. The van der Waals surface area contributed by atoms with E-state index in [0.29, 0.717) is 18.5 Å². The van der Waals surface area contributed by atoms with E-state index in [-0.39, 0.29) is 24.1 Å². The summed E-state index contributed by atoms with van der Waals surface area (Å²) in [6.07, 6.45) is 0.201. The van der Waals surface area contributed by atoms with Crippen molar-refractivity contribution in [3.63, 3.8) is 0 Å². The van der Waals surface area contributed by atoms with Crippen LogP contribution in [0.5, 0.6) is 5.75 Å². The van der Waals surface area contributed by atoms with Crippen molar-refractivity contribution in [2.45, 2.75) is 18.9 Å². The van der Waals surface area contributed by atoms with Gasteiger partial charge in [-0.25, -0.2) is 8.78 Å². The van der Waals surface area contributed by atoms with E-state index in [1.54, 1.807) is 30.3 Å². The molecule has 2 unspecified atom stereocenters. The highest BCUT2D eigenvalue weighted by atomic mass is 19.2. The molecule has 9 nitrogen and oxygen atoms in total. The van der Waals surface area contributed by atoms with Gasteiger partial charge in [-0.1, -0.05) is 18.2 Å². The number of rotatable bonds is 10. The van der Waals surface area contributed by atoms with Crippen molar-refractivity contribution in [3.8, 4) is 5.75 Å². The third kappa shape index (κ3) is 5.93. The number of Topliss-reactive ketones (excluding diaryl/α,β-unsaturated/α-hetero) is 1. The molecule has 2 aromatic carbocycles. The largest absolute Gasteiger partial charge is 0.479 e. The molecule has 2 atom stereocenters. The molecule has 38 heavy (non-hydrogen) atoms. The van der Waals surface area contributed by atoms with E-state index in [2.05, 4.69) is 20.9 Å². The van der Waals surface area contributed by atoms with Gasteiger partial charge in [-0.15, -0.1) is 0 Å². The van der Waals surface area contributed by atoms with Crippen LogP contribution in [0.1, 0.15) is 23.3 Å². The maximum atomic E-state index is 13.9. The third-order valence-corrected chi connectivity index (χ3v) is 6.02. The lowest BCUT2D eigenvalue weighted by Crippen LogP contribution is -2.48. The van der Waals surface area contributed by atoms with Crippen LogP contribution in [-0.4, -0.2) is 54.2 Å². The topological polar surface area (TPSA) is 129 Å². The van der Waals surface area contributed by atoms with Gasteiger partial charge in [0.2, 0.25) is 23.4 Å². The zero-order valence-electron chi connectivity index (χ0n) is 19.7. The number of carbonyl (C=O) groups is 4. The normalized spacial score (nSPS) is 15.7. The second-order valence-corrected chi connectivity index (χ2v) is 8.64. The molecule has 1 fully saturated rings. The average molecular weight is 534 g/mol. The minimum Gasteiger partial charge on any atom is -0.479 e. The smallest absolute Gasteiger partial charge is 0.268 e. The molecule has 1 saturated heterocycles. The second-order valence-electron chi connectivity index (χ2n) is 8.64. The predicted octanol–water partition coefficient (Wildman–Crippen LogP) is 2.11. The van der Waals surface area contributed by atoms with Crippen LogP contribution in [-0.2, 0) is 14.4 Å². The van der Waals surface area contributed by atoms with Gasteiger partial charge in [0.1, 0.15) is 12.3 Å². The highest BCUT2D eigenvalue weighted by Gasteiger charge is 2.32. The lowest BCUT2D eigenvalue weighted by molar-refractivity contribution is -0.130. The lowest BCUT2D eigenvalue weighted by Gasteiger charge is -2.20. The summed E-state index contributed by atoms with van der Waals surface area (Å²) >= 11 is 0. The SMILES string of the molecule is O=C(CNC(=O)c1cc2ccccc2[nH]1)NC(CC1CCNC1=O)C(=O)COc1c(F)c(F)cc(F)c1F. The summed E-state index contributed by atoms with van der Waals surface area (Å²) in [7, 11) is 0. The van der Waals surface area contributed by atoms with Gasteiger partial charge in [0.25, 0.3) is 5.91 Å². The molecule has 0 radical (unpaired) electrons. The summed E-state index contributed by atoms with van der Waals surface area (Å²) in [5.74, 6) is -11.8. The van der Waals surface area contributed by atoms with Crippen molar-refractivity contribution in [3.05, 3.63) is 65.4 Å². The predicted molar refractivity (Wildman–Crippen MR) is 125 cm³/mol. The van der Waals surface area contributed by atoms with Crippen LogP contribution in [0.3, 0.4) is 0 Å². The number of halogens is 4. The lowest BCUT2D eigenvalue weighted by atomic mass is 9.96. The van der Waals surface area contributed by atoms with Gasteiger partial charge in [-0.2, -0.15) is 8.78 Å². The number of aromatic nitrogens is 1. The molecule has 3 aromatic rings. The Morgan fingerprint density at radius 1 is 1.05 bits per heavy atom. The molecule has 4 rings (SSSR count). The molecule has 1 aliphatic rings. The van der Waals surface area contributed by atoms with Gasteiger partial charge in [-0.05, 0) is 25.0 Å². The summed E-state index contributed by atoms with van der Waals surface area (Å²) in [5.41, 5.74) is 0.919. The van der Waals surface area contributed by atoms with E-state index in [1.165, 1.54) is 0 Å². The number of benzene rings is 2. The molecule has 0 spiro atoms. The van der Waals surface area contributed by atoms with Crippen molar-refractivity contribution in [2.24, 2.45) is 5.92 Å². The van der Waals surface area contributed by atoms with Crippen molar-refractivity contribution >= 4 is 34.4 Å². The number of carbonyl (C=O) groups excluding carboxylic acids is 4. The Morgan fingerprint density at radius 3 is 2.42 bits per heavy atom. The summed E-state index contributed by atoms with van der Waals surface area (Å²) in [6.45, 7) is -1.24. The molecule has 1 aliphatic heterocycles. The Labute approximate surface area is 212 Å². The monoisotopic (exact) mass is 534 g/mol. The van der Waals surface area contributed by atoms with E-state index >= 15 is 0 Å². The first kappa shape index (κ1) is 26.6. The molecule has 0 bridgehead atoms. The number of para-hydroxylation sites is 1. The molecule has 1 aromatic heterocycles. The molecular weight excluding hydrogens is 512 g/mol. The molecule has 2 heterocycles. The number of hydrogen-bond acceptors (Lipinski definition) is 5. The molecular formula is C25H22F4N4O5. The number of aromatic amines is 1. The Balaban J connectivity index is 1.40. The fourth-order valence-corrected chi connectivity index (χ4v) is 4.04. The highest BCUT2D eigenvalue weighted by molar-refractivity contribution is 6.00. The minimum absolute atomic E-state index is 0.00873. The Kier molecular flexibility index (Phi) is 7.93. The van der Waals surface area contributed by atoms with Crippen LogP contribution in [0.4, 0.5) is 17.6 Å². The number of ether oxygens (including phenoxy) is 1. The van der Waals surface area contributed by atoms with Gasteiger partial charge in [-0.3, -0.25) is 19.2 Å². The molecule has 200 valence electrons. The number of nitrogens with one attached hydrogen (secondary N) is 4. The minimum atomic E-state index is -1.83. The molecule has 0 aliphatic carbocycles. The van der Waals surface area contributed by atoms with Crippen molar-refractivity contribution in [2.75, 3.05) is 19.7 Å². The van der Waals surface area contributed by atoms with E-state index in [9.17, 15) is 36.7 Å².